The van der Waals surface area contributed by atoms with Gasteiger partial charge in [0.15, 0.2) is 5.82 Å². The number of aromatic nitrogens is 1. The first-order valence-electron chi connectivity index (χ1n) is 10.6. The van der Waals surface area contributed by atoms with Crippen molar-refractivity contribution in [1.29, 1.82) is 0 Å². The number of hydrogen-bond acceptors (Lipinski definition) is 3. The van der Waals surface area contributed by atoms with Gasteiger partial charge in [-0.1, -0.05) is 44.2 Å². The molecule has 1 aromatic heterocycles. The minimum absolute atomic E-state index is 0.0434. The molecule has 0 spiro atoms. The summed E-state index contributed by atoms with van der Waals surface area (Å²) < 4.78 is 42.1. The molecule has 3 heterocycles. The van der Waals surface area contributed by atoms with Gasteiger partial charge in [-0.05, 0) is 48.7 Å². The van der Waals surface area contributed by atoms with Crippen molar-refractivity contribution < 1.29 is 13.2 Å². The van der Waals surface area contributed by atoms with Crippen LogP contribution in [0.1, 0.15) is 37.8 Å². The van der Waals surface area contributed by atoms with Crippen LogP contribution in [0, 0.1) is 5.41 Å². The molecule has 1 fully saturated rings. The first-order chi connectivity index (χ1) is 14.8. The second kappa shape index (κ2) is 5.81. The third-order valence-electron chi connectivity index (χ3n) is 7.70. The Morgan fingerprint density at radius 2 is 1.61 bits per heavy atom. The Morgan fingerprint density at radius 3 is 2.35 bits per heavy atom. The Hall–Kier alpha value is -3.02. The average molecular weight is 421 g/mol. The zero-order valence-corrected chi connectivity index (χ0v) is 17.3. The van der Waals surface area contributed by atoms with E-state index >= 15 is 0 Å². The van der Waals surface area contributed by atoms with E-state index in [1.165, 1.54) is 17.7 Å². The molecular weight excluding hydrogens is 399 g/mol. The molecule has 3 unspecified atom stereocenters. The van der Waals surface area contributed by atoms with Crippen molar-refractivity contribution in [3.05, 3.63) is 78.0 Å². The molecule has 2 aromatic carbocycles. The number of halogens is 3. The maximum Gasteiger partial charge on any atom is 0.418 e. The minimum Gasteiger partial charge on any atom is -0.316 e. The first-order valence-corrected chi connectivity index (χ1v) is 10.6. The lowest BCUT2D eigenvalue weighted by atomic mass is 9.78. The number of nitrogens with zero attached hydrogens (tertiary/aromatic N) is 3. The Bertz CT molecular complexity index is 1210. The molecule has 31 heavy (non-hydrogen) atoms. The number of rotatable bonds is 2. The maximum atomic E-state index is 14.0. The van der Waals surface area contributed by atoms with Crippen LogP contribution in [0.15, 0.2) is 66.9 Å². The Morgan fingerprint density at radius 1 is 0.935 bits per heavy atom. The van der Waals surface area contributed by atoms with Gasteiger partial charge in [-0.25, -0.2) is 4.98 Å². The van der Waals surface area contributed by atoms with E-state index in [1.54, 1.807) is 24.4 Å². The van der Waals surface area contributed by atoms with Gasteiger partial charge >= 0.3 is 6.18 Å². The van der Waals surface area contributed by atoms with Gasteiger partial charge in [-0.3, -0.25) is 0 Å². The standard InChI is InChI=1S/C25H22F3N3/c1-3-24-15-23(24,2)22-30(19-12-7-5-10-17(19)25(26,27)28)20-13-8-14-29-21(20)31(22)18-11-6-4-9-16(18)24/h4-14,22H,3,15H2,1-2H3. The predicted octanol–water partition coefficient (Wildman–Crippen LogP) is 6.79. The normalized spacial score (nSPS) is 28.0. The van der Waals surface area contributed by atoms with Gasteiger partial charge in [-0.2, -0.15) is 13.2 Å². The molecule has 1 saturated carbocycles. The molecule has 3 nitrogen and oxygen atoms in total. The Kier molecular flexibility index (Phi) is 3.51. The van der Waals surface area contributed by atoms with Crippen LogP contribution in [0.25, 0.3) is 0 Å². The van der Waals surface area contributed by atoms with Crippen LogP contribution >= 0.6 is 0 Å². The monoisotopic (exact) mass is 421 g/mol. The van der Waals surface area contributed by atoms with Gasteiger partial charge in [-0.15, -0.1) is 0 Å². The van der Waals surface area contributed by atoms with Gasteiger partial charge in [0, 0.05) is 22.7 Å². The van der Waals surface area contributed by atoms with Gasteiger partial charge in [0.2, 0.25) is 0 Å². The molecule has 158 valence electrons. The number of hydrogen-bond donors (Lipinski definition) is 0. The van der Waals surface area contributed by atoms with E-state index in [1.807, 2.05) is 17.0 Å². The van der Waals surface area contributed by atoms with Crippen LogP contribution in [0.2, 0.25) is 0 Å². The summed E-state index contributed by atoms with van der Waals surface area (Å²) in [6, 6.07) is 17.9. The molecule has 3 atom stereocenters. The first kappa shape index (κ1) is 18.7. The summed E-state index contributed by atoms with van der Waals surface area (Å²) in [6.07, 6.45) is -1.10. The Balaban J connectivity index is 1.66. The van der Waals surface area contributed by atoms with Gasteiger partial charge in [0.05, 0.1) is 16.9 Å². The summed E-state index contributed by atoms with van der Waals surface area (Å²) in [6.45, 7) is 4.41. The highest BCUT2D eigenvalue weighted by molar-refractivity contribution is 5.90. The summed E-state index contributed by atoms with van der Waals surface area (Å²) in [5.74, 6) is 0.717. The molecule has 2 aliphatic heterocycles. The molecular formula is C25H22F3N3. The van der Waals surface area contributed by atoms with E-state index in [0.29, 0.717) is 0 Å². The van der Waals surface area contributed by atoms with Crippen molar-refractivity contribution in [1.82, 2.24) is 4.98 Å². The fraction of sp³-hybridized carbons (Fsp3) is 0.320. The quantitative estimate of drug-likeness (QED) is 0.454. The topological polar surface area (TPSA) is 19.4 Å². The minimum atomic E-state index is -4.44. The highest BCUT2D eigenvalue weighted by Crippen LogP contribution is 2.76. The third kappa shape index (κ3) is 2.17. The molecule has 0 amide bonds. The Labute approximate surface area is 179 Å². The highest BCUT2D eigenvalue weighted by Gasteiger charge is 2.74. The number of anilines is 4. The van der Waals surface area contributed by atoms with Gasteiger partial charge in [0.1, 0.15) is 6.17 Å². The van der Waals surface area contributed by atoms with E-state index in [2.05, 4.69) is 41.9 Å². The highest BCUT2D eigenvalue weighted by atomic mass is 19.4. The lowest BCUT2D eigenvalue weighted by Crippen LogP contribution is -2.51. The van der Waals surface area contributed by atoms with Crippen LogP contribution in [-0.4, -0.2) is 11.1 Å². The zero-order valence-electron chi connectivity index (χ0n) is 17.3. The molecule has 3 aliphatic rings. The SMILES string of the molecule is CCC12CC1(C)C1N(c3ccccc3C(F)(F)F)c3cccnc3N1c1ccccc12. The van der Waals surface area contributed by atoms with Crippen molar-refractivity contribution in [2.24, 2.45) is 5.41 Å². The molecule has 6 heteroatoms. The van der Waals surface area contributed by atoms with E-state index < -0.39 is 11.7 Å². The largest absolute Gasteiger partial charge is 0.418 e. The fourth-order valence-electron chi connectivity index (χ4n) is 6.26. The van der Waals surface area contributed by atoms with E-state index in [9.17, 15) is 13.2 Å². The number of fused-ring (bicyclic) bond motifs is 8. The second-order valence-corrected chi connectivity index (χ2v) is 9.02. The molecule has 0 bridgehead atoms. The average Bonchev–Trinajstić information content (AvgIpc) is 3.27. The third-order valence-corrected chi connectivity index (χ3v) is 7.70. The number of alkyl halides is 3. The summed E-state index contributed by atoms with van der Waals surface area (Å²) in [7, 11) is 0. The fourth-order valence-corrected chi connectivity index (χ4v) is 6.26. The lowest BCUT2D eigenvalue weighted by molar-refractivity contribution is -0.137. The molecule has 0 radical (unpaired) electrons. The van der Waals surface area contributed by atoms with Crippen molar-refractivity contribution in [3.63, 3.8) is 0 Å². The molecule has 0 saturated heterocycles. The van der Waals surface area contributed by atoms with Crippen molar-refractivity contribution in [3.8, 4) is 0 Å². The summed E-state index contributed by atoms with van der Waals surface area (Å²) in [5.41, 5.74) is 2.38. The van der Waals surface area contributed by atoms with Crippen LogP contribution in [0.4, 0.5) is 36.1 Å². The number of para-hydroxylation sites is 2. The van der Waals surface area contributed by atoms with Crippen LogP contribution < -0.4 is 9.80 Å². The van der Waals surface area contributed by atoms with E-state index in [4.69, 9.17) is 0 Å². The lowest BCUT2D eigenvalue weighted by Gasteiger charge is -2.45. The smallest absolute Gasteiger partial charge is 0.316 e. The second-order valence-electron chi connectivity index (χ2n) is 9.02. The molecule has 6 rings (SSSR count). The summed E-state index contributed by atoms with van der Waals surface area (Å²) in [4.78, 5) is 8.70. The van der Waals surface area contributed by atoms with E-state index in [0.717, 1.165) is 30.0 Å². The number of pyridine rings is 1. The zero-order chi connectivity index (χ0) is 21.6. The van der Waals surface area contributed by atoms with Gasteiger partial charge < -0.3 is 9.80 Å². The molecule has 3 aromatic rings. The van der Waals surface area contributed by atoms with Gasteiger partial charge in [0.25, 0.3) is 0 Å². The summed E-state index contributed by atoms with van der Waals surface area (Å²) in [5, 5.41) is 0. The van der Waals surface area contributed by atoms with E-state index in [-0.39, 0.29) is 22.7 Å². The predicted molar refractivity (Wildman–Crippen MR) is 115 cm³/mol. The van der Waals surface area contributed by atoms with Crippen LogP contribution in [0.5, 0.6) is 0 Å². The van der Waals surface area contributed by atoms with Crippen molar-refractivity contribution in [2.75, 3.05) is 9.80 Å². The molecule has 0 N–H and O–H groups in total. The van der Waals surface area contributed by atoms with Crippen molar-refractivity contribution in [2.45, 2.75) is 44.4 Å². The molecule has 1 aliphatic carbocycles. The van der Waals surface area contributed by atoms with Crippen molar-refractivity contribution >= 4 is 22.9 Å². The number of benzene rings is 2. The summed E-state index contributed by atoms with van der Waals surface area (Å²) >= 11 is 0. The maximum absolute atomic E-state index is 14.0. The van der Waals surface area contributed by atoms with Crippen LogP contribution in [-0.2, 0) is 11.6 Å². The van der Waals surface area contributed by atoms with Crippen LogP contribution in [0.3, 0.4) is 0 Å².